The van der Waals surface area contributed by atoms with Crippen molar-refractivity contribution in [2.75, 3.05) is 6.54 Å². The summed E-state index contributed by atoms with van der Waals surface area (Å²) in [4.78, 5) is 15.1. The van der Waals surface area contributed by atoms with Gasteiger partial charge in [-0.15, -0.1) is 0 Å². The van der Waals surface area contributed by atoms with Gasteiger partial charge in [0, 0.05) is 42.9 Å². The number of fused-ring (bicyclic) bond motifs is 1. The predicted molar refractivity (Wildman–Crippen MR) is 92.1 cm³/mol. The lowest BCUT2D eigenvalue weighted by Gasteiger charge is -2.36. The van der Waals surface area contributed by atoms with Crippen LogP contribution in [0.4, 0.5) is 0 Å². The molecule has 5 nitrogen and oxygen atoms in total. The summed E-state index contributed by atoms with van der Waals surface area (Å²) in [6.07, 6.45) is 6.62. The molecule has 0 bridgehead atoms. The van der Waals surface area contributed by atoms with Gasteiger partial charge < -0.3 is 9.47 Å². The molecular weight excluding hydrogens is 300 g/mol. The number of hydrogen-bond acceptors (Lipinski definition) is 2. The highest BCUT2D eigenvalue weighted by molar-refractivity contribution is 5.95. The minimum absolute atomic E-state index is 0.0864. The maximum Gasteiger partial charge on any atom is 0.254 e. The van der Waals surface area contributed by atoms with Gasteiger partial charge in [0.15, 0.2) is 0 Å². The molecule has 0 saturated heterocycles. The van der Waals surface area contributed by atoms with E-state index in [0.717, 1.165) is 25.2 Å². The van der Waals surface area contributed by atoms with E-state index >= 15 is 0 Å². The number of amides is 1. The molecule has 4 rings (SSSR count). The largest absolute Gasteiger partial charge is 0.348 e. The summed E-state index contributed by atoms with van der Waals surface area (Å²) in [6, 6.07) is 13.9. The summed E-state index contributed by atoms with van der Waals surface area (Å²) in [5.41, 5.74) is 2.83. The number of carbonyl (C=O) groups is 1. The summed E-state index contributed by atoms with van der Waals surface area (Å²) < 4.78 is 4.02. The fraction of sp³-hybridized carbons (Fsp3) is 0.263. The van der Waals surface area contributed by atoms with Crippen molar-refractivity contribution in [1.29, 1.82) is 0 Å². The van der Waals surface area contributed by atoms with Gasteiger partial charge in [0.25, 0.3) is 5.91 Å². The molecule has 3 aromatic rings. The molecule has 0 radical (unpaired) electrons. The molecule has 0 unspecified atom stereocenters. The first kappa shape index (κ1) is 14.8. The Hall–Kier alpha value is -2.82. The average molecular weight is 320 g/mol. The first-order chi connectivity index (χ1) is 11.8. The zero-order valence-electron chi connectivity index (χ0n) is 13.7. The van der Waals surface area contributed by atoms with Crippen molar-refractivity contribution in [3.8, 4) is 5.69 Å². The fourth-order valence-corrected chi connectivity index (χ4v) is 3.51. The number of benzene rings is 1. The quantitative estimate of drug-likeness (QED) is 0.743. The van der Waals surface area contributed by atoms with Crippen LogP contribution in [0.2, 0.25) is 0 Å². The molecule has 0 fully saturated rings. The Morgan fingerprint density at radius 1 is 1.17 bits per heavy atom. The summed E-state index contributed by atoms with van der Waals surface area (Å²) in [5, 5.41) is 4.24. The van der Waals surface area contributed by atoms with E-state index in [1.807, 2.05) is 41.4 Å². The first-order valence-corrected chi connectivity index (χ1v) is 8.34. The van der Waals surface area contributed by atoms with Gasteiger partial charge in [-0.25, -0.2) is 4.68 Å². The van der Waals surface area contributed by atoms with E-state index in [0.29, 0.717) is 5.56 Å². The summed E-state index contributed by atoms with van der Waals surface area (Å²) in [5.74, 6) is 0.0864. The molecule has 1 atom stereocenters. The van der Waals surface area contributed by atoms with Gasteiger partial charge in [0.05, 0.1) is 11.7 Å². The highest BCUT2D eigenvalue weighted by atomic mass is 16.2. The third-order valence-corrected chi connectivity index (χ3v) is 4.67. The molecule has 0 aliphatic carbocycles. The first-order valence-electron chi connectivity index (χ1n) is 8.34. The van der Waals surface area contributed by atoms with Gasteiger partial charge in [-0.05, 0) is 42.8 Å². The minimum atomic E-state index is 0.0864. The van der Waals surface area contributed by atoms with Crippen LogP contribution >= 0.6 is 0 Å². The smallest absolute Gasteiger partial charge is 0.254 e. The molecular formula is C19H20N4O. The third kappa shape index (κ3) is 2.42. The number of rotatable bonds is 3. The van der Waals surface area contributed by atoms with Gasteiger partial charge in [0.1, 0.15) is 0 Å². The van der Waals surface area contributed by atoms with E-state index < -0.39 is 0 Å². The lowest BCUT2D eigenvalue weighted by atomic mass is 10.0. The minimum Gasteiger partial charge on any atom is -0.348 e. The van der Waals surface area contributed by atoms with Crippen molar-refractivity contribution in [2.24, 2.45) is 0 Å². The molecule has 2 aromatic heterocycles. The van der Waals surface area contributed by atoms with Gasteiger partial charge in [0.2, 0.25) is 0 Å². The van der Waals surface area contributed by atoms with E-state index in [1.54, 1.807) is 10.9 Å². The lowest BCUT2D eigenvalue weighted by Crippen LogP contribution is -2.41. The van der Waals surface area contributed by atoms with Crippen LogP contribution in [0, 0.1) is 0 Å². The van der Waals surface area contributed by atoms with E-state index in [1.165, 1.54) is 5.69 Å². The molecule has 3 heterocycles. The Morgan fingerprint density at radius 2 is 2.08 bits per heavy atom. The summed E-state index contributed by atoms with van der Waals surface area (Å²) in [6.45, 7) is 3.72. The van der Waals surface area contributed by atoms with Gasteiger partial charge in [-0.1, -0.05) is 13.0 Å². The monoisotopic (exact) mass is 320 g/mol. The lowest BCUT2D eigenvalue weighted by molar-refractivity contribution is 0.0618. The second kappa shape index (κ2) is 6.00. The zero-order valence-corrected chi connectivity index (χ0v) is 13.7. The standard InChI is InChI=1S/C19H20N4O/c1-2-17-18-8-4-10-21(18)12-13-22(17)19(24)15-6-3-7-16(14-15)23-11-5-9-20-23/h3-11,14,17H,2,12-13H2,1H3/t17-/m1/s1. The summed E-state index contributed by atoms with van der Waals surface area (Å²) >= 11 is 0. The van der Waals surface area contributed by atoms with Crippen LogP contribution in [0.25, 0.3) is 5.69 Å². The highest BCUT2D eigenvalue weighted by Gasteiger charge is 2.30. The Bertz CT molecular complexity index is 850. The van der Waals surface area contributed by atoms with Crippen molar-refractivity contribution in [1.82, 2.24) is 19.2 Å². The van der Waals surface area contributed by atoms with E-state index in [2.05, 4.69) is 34.9 Å². The van der Waals surface area contributed by atoms with Crippen LogP contribution in [-0.2, 0) is 6.54 Å². The molecule has 1 amide bonds. The van der Waals surface area contributed by atoms with Crippen molar-refractivity contribution >= 4 is 5.91 Å². The Labute approximate surface area is 141 Å². The van der Waals surface area contributed by atoms with Crippen LogP contribution in [0.3, 0.4) is 0 Å². The number of hydrogen-bond donors (Lipinski definition) is 0. The Kier molecular flexibility index (Phi) is 3.69. The van der Waals surface area contributed by atoms with Crippen molar-refractivity contribution in [2.45, 2.75) is 25.9 Å². The molecule has 1 aromatic carbocycles. The van der Waals surface area contributed by atoms with Crippen molar-refractivity contribution < 1.29 is 4.79 Å². The maximum absolute atomic E-state index is 13.1. The van der Waals surface area contributed by atoms with Gasteiger partial charge in [-0.3, -0.25) is 4.79 Å². The van der Waals surface area contributed by atoms with Crippen molar-refractivity contribution in [3.05, 3.63) is 72.3 Å². The molecule has 122 valence electrons. The van der Waals surface area contributed by atoms with E-state index in [-0.39, 0.29) is 11.9 Å². The van der Waals surface area contributed by atoms with E-state index in [4.69, 9.17) is 0 Å². The van der Waals surface area contributed by atoms with E-state index in [9.17, 15) is 4.79 Å². The molecule has 1 aliphatic rings. The SMILES string of the molecule is CC[C@@H]1c2cccn2CCN1C(=O)c1cccc(-n2cccn2)c1. The molecule has 5 heteroatoms. The van der Waals surface area contributed by atoms with Crippen LogP contribution in [0.15, 0.2) is 61.1 Å². The molecule has 0 saturated carbocycles. The topological polar surface area (TPSA) is 43.1 Å². The van der Waals surface area contributed by atoms with Crippen LogP contribution in [-0.4, -0.2) is 31.7 Å². The summed E-state index contributed by atoms with van der Waals surface area (Å²) in [7, 11) is 0. The molecule has 24 heavy (non-hydrogen) atoms. The second-order valence-corrected chi connectivity index (χ2v) is 6.05. The zero-order chi connectivity index (χ0) is 16.5. The second-order valence-electron chi connectivity index (χ2n) is 6.05. The van der Waals surface area contributed by atoms with Crippen LogP contribution in [0.1, 0.15) is 35.4 Å². The Balaban J connectivity index is 1.65. The number of nitrogens with zero attached hydrogens (tertiary/aromatic N) is 4. The highest BCUT2D eigenvalue weighted by Crippen LogP contribution is 2.30. The average Bonchev–Trinajstić information content (AvgIpc) is 3.31. The normalized spacial score (nSPS) is 16.9. The number of aromatic nitrogens is 3. The third-order valence-electron chi connectivity index (χ3n) is 4.67. The molecule has 0 spiro atoms. The molecule has 1 aliphatic heterocycles. The predicted octanol–water partition coefficient (Wildman–Crippen LogP) is 3.28. The Morgan fingerprint density at radius 3 is 2.88 bits per heavy atom. The van der Waals surface area contributed by atoms with Gasteiger partial charge in [-0.2, -0.15) is 5.10 Å². The fourth-order valence-electron chi connectivity index (χ4n) is 3.51. The maximum atomic E-state index is 13.1. The van der Waals surface area contributed by atoms with Gasteiger partial charge >= 0.3 is 0 Å². The van der Waals surface area contributed by atoms with Crippen LogP contribution < -0.4 is 0 Å². The van der Waals surface area contributed by atoms with Crippen LogP contribution in [0.5, 0.6) is 0 Å². The van der Waals surface area contributed by atoms with Crippen molar-refractivity contribution in [3.63, 3.8) is 0 Å². The number of carbonyl (C=O) groups excluding carboxylic acids is 1. The molecule has 0 N–H and O–H groups in total.